The minimum atomic E-state index is -5.12. The Kier molecular flexibility index (Phi) is 5.09. The van der Waals surface area contributed by atoms with E-state index in [1.165, 1.54) is 0 Å². The maximum absolute atomic E-state index is 12.5. The molecule has 0 spiro atoms. The molecule has 0 amide bonds. The third-order valence-electron chi connectivity index (χ3n) is 5.50. The lowest BCUT2D eigenvalue weighted by atomic mass is 9.08. The smallest absolute Gasteiger partial charge is 0.369 e. The first-order valence-corrected chi connectivity index (χ1v) is 8.10. The summed E-state index contributed by atoms with van der Waals surface area (Å²) in [4.78, 5) is 44.0. The van der Waals surface area contributed by atoms with Crippen LogP contribution in [0.15, 0.2) is 41.4 Å². The number of quaternary nitrogens is 1. The van der Waals surface area contributed by atoms with Gasteiger partial charge in [0.25, 0.3) is 0 Å². The second kappa shape index (κ2) is 7.30. The van der Waals surface area contributed by atoms with Crippen LogP contribution < -0.4 is 50.0 Å². The quantitative estimate of drug-likeness (QED) is 0.0874. The van der Waals surface area contributed by atoms with Gasteiger partial charge in [0.1, 0.15) is 0 Å². The monoisotopic (exact) mass is 493 g/mol. The molecule has 12 N–H and O–H groups in total. The SMILES string of the molecule is O=[N+]([O-])C1([B-](C2([N+](=O)[O-])N=NNN2)(C2([N+](=O)[O-])N=NNN2)C2([N+](=O)[O-])N=NNN2)N=NNN1.[NH4+]. The first-order valence-electron chi connectivity index (χ1n) is 8.10. The van der Waals surface area contributed by atoms with E-state index < -0.39 is 48.6 Å². The highest BCUT2D eigenvalue weighted by atomic mass is 16.7. The minimum Gasteiger partial charge on any atom is -0.369 e. The van der Waals surface area contributed by atoms with Crippen LogP contribution in [-0.4, -0.2) is 48.6 Å². The molecule has 0 saturated carbocycles. The van der Waals surface area contributed by atoms with E-state index in [4.69, 9.17) is 0 Å². The zero-order valence-corrected chi connectivity index (χ0v) is 16.2. The van der Waals surface area contributed by atoms with E-state index in [2.05, 4.69) is 41.4 Å². The first-order chi connectivity index (χ1) is 15.6. The molecule has 0 radical (unpaired) electrons. The van der Waals surface area contributed by atoms with Crippen molar-refractivity contribution in [3.63, 3.8) is 0 Å². The Morgan fingerprint density at radius 1 is 0.500 bits per heavy atom. The second-order valence-corrected chi connectivity index (χ2v) is 6.55. The maximum Gasteiger partial charge on any atom is 0.526 e. The molecular weight excluding hydrogens is 481 g/mol. The standard InChI is InChI=1S/C4H8BN20O8.H3N/c26-22(27)1(6-14-15-7-1)5(2(23(28)29)8-16-17-9-2,3(24(30)31)10-18-19-11-3)4(25(32)33)12-20-21-13-4;/h(H,6,15)(H,7,14)(H,8,17)(H,9,16)(H,10,19)(H,11,18)(H,12,21)(H,13,20);1H3/q-1;/p+1. The van der Waals surface area contributed by atoms with Gasteiger partial charge in [0.2, 0.25) is 0 Å². The molecule has 4 rings (SSSR count). The Balaban J connectivity index is 0.00000324. The molecule has 0 aromatic heterocycles. The van der Waals surface area contributed by atoms with Crippen LogP contribution in [0.4, 0.5) is 0 Å². The van der Waals surface area contributed by atoms with Gasteiger partial charge in [0.05, 0.1) is 0 Å². The predicted molar refractivity (Wildman–Crippen MR) is 95.1 cm³/mol. The normalized spacial score (nSPS) is 36.5. The summed E-state index contributed by atoms with van der Waals surface area (Å²) in [6.45, 7) is 0. The summed E-state index contributed by atoms with van der Waals surface area (Å²) >= 11 is 0. The van der Waals surface area contributed by atoms with Crippen molar-refractivity contribution < 1.29 is 19.7 Å². The van der Waals surface area contributed by atoms with Crippen LogP contribution in [0.5, 0.6) is 0 Å². The number of hydrazine groups is 4. The Morgan fingerprint density at radius 2 is 0.706 bits per heavy atom. The molecule has 0 aromatic rings. The van der Waals surface area contributed by atoms with Gasteiger partial charge >= 0.3 is 28.9 Å². The minimum absolute atomic E-state index is 0. The van der Waals surface area contributed by atoms with Crippen molar-refractivity contribution in [3.05, 3.63) is 40.5 Å². The van der Waals surface area contributed by atoms with Gasteiger partial charge in [-0.2, -0.15) is 21.7 Å². The van der Waals surface area contributed by atoms with Gasteiger partial charge in [0.15, 0.2) is 0 Å². The Bertz CT molecular complexity index is 892. The summed E-state index contributed by atoms with van der Waals surface area (Å²) < 4.78 is 0. The van der Waals surface area contributed by atoms with Crippen LogP contribution in [0.1, 0.15) is 0 Å². The molecule has 4 atom stereocenters. The van der Waals surface area contributed by atoms with Crippen molar-refractivity contribution in [3.8, 4) is 0 Å². The fourth-order valence-corrected chi connectivity index (χ4v) is 4.36. The summed E-state index contributed by atoms with van der Waals surface area (Å²) in [6, 6.07) is 0. The molecule has 0 saturated heterocycles. The Labute approximate surface area is 181 Å². The Morgan fingerprint density at radius 3 is 0.824 bits per heavy atom. The number of hydrogen-bond donors (Lipinski definition) is 9. The van der Waals surface area contributed by atoms with Gasteiger partial charge in [-0.25, -0.2) is 22.1 Å². The summed E-state index contributed by atoms with van der Waals surface area (Å²) in [5.41, 5.74) is -0.335. The third kappa shape index (κ3) is 2.22. The van der Waals surface area contributed by atoms with E-state index in [1.54, 1.807) is 43.8 Å². The molecule has 4 unspecified atom stereocenters. The highest BCUT2D eigenvalue weighted by Gasteiger charge is 3.03. The van der Waals surface area contributed by atoms with Crippen LogP contribution in [0, 0.1) is 40.5 Å². The summed E-state index contributed by atoms with van der Waals surface area (Å²) in [5.74, 6) is 0. The van der Waals surface area contributed by atoms with Gasteiger partial charge in [0, 0.05) is 19.7 Å². The third-order valence-corrected chi connectivity index (χ3v) is 5.50. The highest BCUT2D eigenvalue weighted by molar-refractivity contribution is 6.89. The van der Waals surface area contributed by atoms with Crippen molar-refractivity contribution in [1.82, 2.24) is 50.0 Å². The number of rotatable bonds is 8. The summed E-state index contributed by atoms with van der Waals surface area (Å²) in [5, 5.41) is 75.4. The highest BCUT2D eigenvalue weighted by Crippen LogP contribution is 2.52. The van der Waals surface area contributed by atoms with Crippen molar-refractivity contribution >= 4 is 6.15 Å². The van der Waals surface area contributed by atoms with Crippen LogP contribution in [0.3, 0.4) is 0 Å². The molecule has 0 aromatic carbocycles. The Hall–Kier alpha value is -4.94. The number of nitro groups is 4. The lowest BCUT2D eigenvalue weighted by Gasteiger charge is -2.50. The van der Waals surface area contributed by atoms with Gasteiger partial charge in [-0.1, -0.05) is 20.9 Å². The first kappa shape index (κ1) is 23.7. The topological polar surface area (TPSA) is 404 Å². The molecule has 29 nitrogen and oxygen atoms in total. The summed E-state index contributed by atoms with van der Waals surface area (Å²) in [7, 11) is 0. The average molecular weight is 493 g/mol. The van der Waals surface area contributed by atoms with Crippen molar-refractivity contribution in [2.24, 2.45) is 41.4 Å². The number of nitrogens with one attached hydrogen (secondary N) is 8. The van der Waals surface area contributed by atoms with Crippen LogP contribution in [0.25, 0.3) is 0 Å². The largest absolute Gasteiger partial charge is 0.526 e. The molecule has 30 heteroatoms. The van der Waals surface area contributed by atoms with Crippen molar-refractivity contribution in [1.29, 1.82) is 0 Å². The van der Waals surface area contributed by atoms with Crippen LogP contribution in [-0.2, 0) is 0 Å². The van der Waals surface area contributed by atoms with Crippen molar-refractivity contribution in [2.75, 3.05) is 0 Å². The molecule has 4 aliphatic rings. The molecule has 0 bridgehead atoms. The van der Waals surface area contributed by atoms with Crippen LogP contribution >= 0.6 is 0 Å². The molecule has 0 aliphatic carbocycles. The van der Waals surface area contributed by atoms with Crippen molar-refractivity contribution in [2.45, 2.75) is 22.7 Å². The molecule has 34 heavy (non-hydrogen) atoms. The lowest BCUT2D eigenvalue weighted by molar-refractivity contribution is -0.619. The molecule has 4 aliphatic heterocycles. The zero-order chi connectivity index (χ0) is 24.1. The maximum atomic E-state index is 12.5. The van der Waals surface area contributed by atoms with Gasteiger partial charge in [-0.05, 0) is 0 Å². The van der Waals surface area contributed by atoms with E-state index >= 15 is 0 Å². The molecule has 184 valence electrons. The summed E-state index contributed by atoms with van der Waals surface area (Å²) in [6.07, 6.45) is -5.12. The van der Waals surface area contributed by atoms with Gasteiger partial charge < -0.3 is 6.15 Å². The van der Waals surface area contributed by atoms with Gasteiger partial charge in [-0.15, -0.1) is 20.5 Å². The fraction of sp³-hybridized carbons (Fsp3) is 1.00. The molecule has 0 fully saturated rings. The van der Waals surface area contributed by atoms with Crippen LogP contribution in [0.2, 0.25) is 0 Å². The predicted octanol–water partition coefficient (Wildman–Crippen LogP) is -4.41. The molecule has 4 heterocycles. The average Bonchev–Trinajstić information content (AvgIpc) is 3.56. The lowest BCUT2D eigenvalue weighted by Crippen LogP contribution is -3.02. The van der Waals surface area contributed by atoms with E-state index in [-0.39, 0.29) is 6.15 Å². The van der Waals surface area contributed by atoms with E-state index in [1.807, 2.05) is 0 Å². The second-order valence-electron chi connectivity index (χ2n) is 6.55. The van der Waals surface area contributed by atoms with E-state index in [0.29, 0.717) is 0 Å². The zero-order valence-electron chi connectivity index (χ0n) is 16.2. The molecular formula is C4H12BN21O8. The number of hydrogen-bond acceptors (Lipinski definition) is 24. The van der Waals surface area contributed by atoms with Gasteiger partial charge in [-0.3, -0.25) is 40.5 Å². The fourth-order valence-electron chi connectivity index (χ4n) is 4.36. The number of nitrogens with zero attached hydrogens (tertiary/aromatic N) is 12. The van der Waals surface area contributed by atoms with E-state index in [0.717, 1.165) is 0 Å². The van der Waals surface area contributed by atoms with E-state index in [9.17, 15) is 40.5 Å².